The zero-order valence-electron chi connectivity index (χ0n) is 15.8. The highest BCUT2D eigenvalue weighted by atomic mass is 32.1. The number of nitrogens with one attached hydrogen (secondary N) is 1. The van der Waals surface area contributed by atoms with Gasteiger partial charge in [0.2, 0.25) is 0 Å². The lowest BCUT2D eigenvalue weighted by atomic mass is 10.1. The summed E-state index contributed by atoms with van der Waals surface area (Å²) in [7, 11) is 3.91. The van der Waals surface area contributed by atoms with Gasteiger partial charge in [-0.1, -0.05) is 23.5 Å². The van der Waals surface area contributed by atoms with Gasteiger partial charge in [-0.2, -0.15) is 0 Å². The monoisotopic (exact) mass is 404 g/mol. The number of carbonyl (C=O) groups excluding carboxylic acids is 2. The van der Waals surface area contributed by atoms with Crippen LogP contribution in [0.1, 0.15) is 27.6 Å². The zero-order chi connectivity index (χ0) is 20.4. The largest absolute Gasteiger partial charge is 0.338 e. The first kappa shape index (κ1) is 20.0. The van der Waals surface area contributed by atoms with Crippen molar-refractivity contribution >= 4 is 38.4 Å². The Bertz CT molecular complexity index is 1030. The van der Waals surface area contributed by atoms with Gasteiger partial charge in [0.05, 0.1) is 31.9 Å². The lowest BCUT2D eigenvalue weighted by Crippen LogP contribution is -3.06. The summed E-state index contributed by atoms with van der Waals surface area (Å²) in [6.45, 7) is 2.46. The van der Waals surface area contributed by atoms with Gasteiger partial charge in [0.15, 0.2) is 16.7 Å². The minimum atomic E-state index is -0.756. The quantitative estimate of drug-likeness (QED) is 0.643. The molecule has 0 saturated carbocycles. The van der Waals surface area contributed by atoms with E-state index in [0.717, 1.165) is 22.3 Å². The maximum Gasteiger partial charge on any atom is 0.260 e. The number of anilines is 1. The van der Waals surface area contributed by atoms with Crippen LogP contribution in [0.5, 0.6) is 0 Å². The van der Waals surface area contributed by atoms with Crippen LogP contribution in [0.15, 0.2) is 36.4 Å². The van der Waals surface area contributed by atoms with Crippen molar-refractivity contribution in [2.24, 2.45) is 0 Å². The molecule has 1 heterocycles. The average Bonchev–Trinajstić information content (AvgIpc) is 3.05. The summed E-state index contributed by atoms with van der Waals surface area (Å²) in [6, 6.07) is 8.35. The molecular formula is C20H20F2N3O2S+. The van der Waals surface area contributed by atoms with Crippen molar-refractivity contribution in [1.29, 1.82) is 0 Å². The van der Waals surface area contributed by atoms with Crippen LogP contribution in [0.4, 0.5) is 13.9 Å². The molecule has 0 aliphatic rings. The molecule has 1 aromatic heterocycles. The van der Waals surface area contributed by atoms with E-state index in [9.17, 15) is 18.4 Å². The number of nitrogens with zero attached hydrogens (tertiary/aromatic N) is 2. The fraction of sp³-hybridized carbons (Fsp3) is 0.250. The first-order valence-corrected chi connectivity index (χ1v) is 9.55. The molecule has 2 aromatic carbocycles. The topological polar surface area (TPSA) is 54.7 Å². The number of quaternary nitrogens is 1. The molecule has 1 amide bonds. The third-order valence-electron chi connectivity index (χ3n) is 4.25. The van der Waals surface area contributed by atoms with Gasteiger partial charge in [-0.05, 0) is 25.1 Å². The molecule has 0 atom stereocenters. The highest BCUT2D eigenvalue weighted by molar-refractivity contribution is 7.22. The van der Waals surface area contributed by atoms with Crippen molar-refractivity contribution in [1.82, 2.24) is 4.98 Å². The number of thiazole rings is 1. The Morgan fingerprint density at radius 3 is 2.36 bits per heavy atom. The summed E-state index contributed by atoms with van der Waals surface area (Å²) in [5.41, 5.74) is 0.950. The predicted octanol–water partition coefficient (Wildman–Crippen LogP) is 2.57. The lowest BCUT2D eigenvalue weighted by Gasteiger charge is -2.20. The molecule has 8 heteroatoms. The minimum absolute atomic E-state index is 0.0447. The van der Waals surface area contributed by atoms with Gasteiger partial charge < -0.3 is 4.90 Å². The number of likely N-dealkylation sites (N-methyl/N-ethyl adjacent to an activating group) is 1. The van der Waals surface area contributed by atoms with Gasteiger partial charge in [0.1, 0.15) is 11.3 Å². The van der Waals surface area contributed by atoms with Crippen LogP contribution in [0.3, 0.4) is 0 Å². The molecule has 0 spiro atoms. The number of aromatic nitrogens is 1. The number of fused-ring (bicyclic) bond motifs is 1. The van der Waals surface area contributed by atoms with Crippen LogP contribution < -0.4 is 9.80 Å². The fourth-order valence-electron chi connectivity index (χ4n) is 2.68. The first-order chi connectivity index (χ1) is 13.3. The van der Waals surface area contributed by atoms with E-state index in [2.05, 4.69) is 4.98 Å². The minimum Gasteiger partial charge on any atom is -0.338 e. The Balaban J connectivity index is 1.99. The van der Waals surface area contributed by atoms with Crippen LogP contribution >= 0.6 is 11.3 Å². The highest BCUT2D eigenvalue weighted by Gasteiger charge is 2.23. The predicted molar refractivity (Wildman–Crippen MR) is 105 cm³/mol. The van der Waals surface area contributed by atoms with Gasteiger partial charge in [-0.3, -0.25) is 14.5 Å². The summed E-state index contributed by atoms with van der Waals surface area (Å²) >= 11 is 1.07. The van der Waals surface area contributed by atoms with Crippen LogP contribution in [-0.2, 0) is 0 Å². The molecule has 0 aliphatic heterocycles. The zero-order valence-corrected chi connectivity index (χ0v) is 16.6. The average molecular weight is 404 g/mol. The molecule has 0 unspecified atom stereocenters. The molecule has 3 aromatic rings. The number of Topliss-reactive ketones (excluding diaryl/α,β-unsaturated/α-hetero) is 1. The van der Waals surface area contributed by atoms with Gasteiger partial charge in [-0.15, -0.1) is 0 Å². The van der Waals surface area contributed by atoms with Crippen molar-refractivity contribution in [3.05, 3.63) is 59.2 Å². The normalized spacial score (nSPS) is 11.2. The molecule has 1 N–H and O–H groups in total. The third-order valence-corrected chi connectivity index (χ3v) is 5.28. The standard InChI is InChI=1S/C20H19F2N3O2S/c1-12(26)13-4-6-14(7-5-13)19(27)25(9-8-24(2)3)20-23-18-16(22)10-15(21)11-17(18)28-20/h4-7,10-11H,8-9H2,1-3H3/p+1. The smallest absolute Gasteiger partial charge is 0.260 e. The van der Waals surface area contributed by atoms with E-state index < -0.39 is 11.6 Å². The summed E-state index contributed by atoms with van der Waals surface area (Å²) in [5.74, 6) is -1.84. The summed E-state index contributed by atoms with van der Waals surface area (Å²) in [4.78, 5) is 31.4. The van der Waals surface area contributed by atoms with E-state index in [0.29, 0.717) is 34.0 Å². The second-order valence-electron chi connectivity index (χ2n) is 6.78. The molecule has 0 bridgehead atoms. The molecule has 0 saturated heterocycles. The van der Waals surface area contributed by atoms with Gasteiger partial charge >= 0.3 is 0 Å². The Hall–Kier alpha value is -2.71. The number of amides is 1. The van der Waals surface area contributed by atoms with Crippen LogP contribution in [-0.4, -0.2) is 43.9 Å². The van der Waals surface area contributed by atoms with E-state index in [1.165, 1.54) is 17.9 Å². The van der Waals surface area contributed by atoms with Crippen LogP contribution in [0.25, 0.3) is 10.2 Å². The summed E-state index contributed by atoms with van der Waals surface area (Å²) in [6.07, 6.45) is 0. The highest BCUT2D eigenvalue weighted by Crippen LogP contribution is 2.31. The molecule has 3 rings (SSSR count). The number of benzene rings is 2. The summed E-state index contributed by atoms with van der Waals surface area (Å²) < 4.78 is 27.9. The van der Waals surface area contributed by atoms with Crippen molar-refractivity contribution in [2.75, 3.05) is 32.1 Å². The Kier molecular flexibility index (Phi) is 5.81. The van der Waals surface area contributed by atoms with E-state index in [-0.39, 0.29) is 17.2 Å². The maximum atomic E-state index is 14.0. The molecule has 5 nitrogen and oxygen atoms in total. The third kappa shape index (κ3) is 4.23. The molecule has 146 valence electrons. The molecular weight excluding hydrogens is 384 g/mol. The van der Waals surface area contributed by atoms with E-state index in [1.807, 2.05) is 14.1 Å². The lowest BCUT2D eigenvalue weighted by molar-refractivity contribution is -0.856. The Labute approximate surface area is 165 Å². The van der Waals surface area contributed by atoms with Crippen molar-refractivity contribution in [3.8, 4) is 0 Å². The van der Waals surface area contributed by atoms with Crippen molar-refractivity contribution in [3.63, 3.8) is 0 Å². The van der Waals surface area contributed by atoms with Crippen molar-refractivity contribution < 1.29 is 23.3 Å². The van der Waals surface area contributed by atoms with Crippen molar-refractivity contribution in [2.45, 2.75) is 6.92 Å². The number of carbonyl (C=O) groups is 2. The van der Waals surface area contributed by atoms with Gasteiger partial charge in [0, 0.05) is 17.2 Å². The number of rotatable bonds is 6. The summed E-state index contributed by atoms with van der Waals surface area (Å²) in [5, 5.41) is 0.307. The first-order valence-electron chi connectivity index (χ1n) is 8.73. The molecule has 0 fully saturated rings. The van der Waals surface area contributed by atoms with Crippen LogP contribution in [0, 0.1) is 11.6 Å². The second-order valence-corrected chi connectivity index (χ2v) is 7.79. The number of hydrogen-bond acceptors (Lipinski definition) is 4. The number of halogens is 2. The SMILES string of the molecule is CC(=O)c1ccc(C(=O)N(CC[NH+](C)C)c2nc3c(F)cc(F)cc3s2)cc1. The molecule has 0 aliphatic carbocycles. The van der Waals surface area contributed by atoms with Gasteiger partial charge in [-0.25, -0.2) is 13.8 Å². The van der Waals surface area contributed by atoms with E-state index in [4.69, 9.17) is 0 Å². The fourth-order valence-corrected chi connectivity index (χ4v) is 3.71. The number of ketones is 1. The Morgan fingerprint density at radius 1 is 1.11 bits per heavy atom. The maximum absolute atomic E-state index is 14.0. The van der Waals surface area contributed by atoms with Crippen LogP contribution in [0.2, 0.25) is 0 Å². The molecule has 0 radical (unpaired) electrons. The molecule has 28 heavy (non-hydrogen) atoms. The second kappa shape index (κ2) is 8.12. The Morgan fingerprint density at radius 2 is 1.75 bits per heavy atom. The van der Waals surface area contributed by atoms with E-state index >= 15 is 0 Å². The number of hydrogen-bond donors (Lipinski definition) is 1. The van der Waals surface area contributed by atoms with E-state index in [1.54, 1.807) is 24.3 Å². The van der Waals surface area contributed by atoms with Gasteiger partial charge in [0.25, 0.3) is 5.91 Å².